The van der Waals surface area contributed by atoms with Crippen LogP contribution in [0.15, 0.2) is 52.4 Å². The van der Waals surface area contributed by atoms with E-state index in [1.54, 1.807) is 17.6 Å². The van der Waals surface area contributed by atoms with Gasteiger partial charge in [-0.25, -0.2) is 0 Å². The summed E-state index contributed by atoms with van der Waals surface area (Å²) in [5, 5.41) is 0. The van der Waals surface area contributed by atoms with E-state index in [1.807, 2.05) is 30.5 Å². The second-order valence-corrected chi connectivity index (χ2v) is 8.66. The van der Waals surface area contributed by atoms with E-state index in [2.05, 4.69) is 24.0 Å². The van der Waals surface area contributed by atoms with Crippen LogP contribution in [0.25, 0.3) is 10.2 Å². The van der Waals surface area contributed by atoms with Crippen molar-refractivity contribution in [3.63, 3.8) is 0 Å². The number of esters is 1. The maximum atomic E-state index is 12.9. The number of thioether (sulfide) groups is 1. The van der Waals surface area contributed by atoms with Crippen LogP contribution in [0.1, 0.15) is 42.6 Å². The normalized spacial score (nSPS) is 11.8. The van der Waals surface area contributed by atoms with Crippen LogP contribution in [0.4, 0.5) is 0 Å². The molecule has 0 aliphatic carbocycles. The molecule has 2 aromatic carbocycles. The van der Waals surface area contributed by atoms with Gasteiger partial charge in [0.2, 0.25) is 0 Å². The number of hydrogen-bond donors (Lipinski definition) is 0. The minimum absolute atomic E-state index is 0.0262. The van der Waals surface area contributed by atoms with Crippen molar-refractivity contribution in [1.29, 1.82) is 0 Å². The predicted octanol–water partition coefficient (Wildman–Crippen LogP) is 5.07. The molecule has 0 aliphatic heterocycles. The summed E-state index contributed by atoms with van der Waals surface area (Å²) in [5.41, 5.74) is 2.70. The topological polar surface area (TPSA) is 60.7 Å². The van der Waals surface area contributed by atoms with Crippen LogP contribution in [0.5, 0.6) is 0 Å². The molecule has 1 amide bonds. The Hall–Kier alpha value is -2.38. The highest BCUT2D eigenvalue weighted by Crippen LogP contribution is 2.22. The summed E-state index contributed by atoms with van der Waals surface area (Å²) >= 11 is 2.94. The molecule has 0 N–H and O–H groups in total. The summed E-state index contributed by atoms with van der Waals surface area (Å²) in [7, 11) is 0. The van der Waals surface area contributed by atoms with Crippen LogP contribution in [0.3, 0.4) is 0 Å². The lowest BCUT2D eigenvalue weighted by atomic mass is 10.1. The van der Waals surface area contributed by atoms with Crippen LogP contribution >= 0.6 is 23.1 Å². The molecule has 0 aliphatic rings. The Kier molecular flexibility index (Phi) is 7.87. The zero-order chi connectivity index (χ0) is 21.5. The molecule has 0 unspecified atom stereocenters. The Labute approximate surface area is 184 Å². The van der Waals surface area contributed by atoms with Crippen LogP contribution in [0, 0.1) is 0 Å². The lowest BCUT2D eigenvalue weighted by Gasteiger charge is -2.06. The minimum Gasteiger partial charge on any atom is -0.465 e. The van der Waals surface area contributed by atoms with Crippen molar-refractivity contribution in [1.82, 2.24) is 4.57 Å². The molecule has 0 saturated heterocycles. The van der Waals surface area contributed by atoms with Gasteiger partial charge >= 0.3 is 5.97 Å². The van der Waals surface area contributed by atoms with Crippen molar-refractivity contribution in [2.24, 2.45) is 4.99 Å². The third-order valence-electron chi connectivity index (χ3n) is 4.69. The summed E-state index contributed by atoms with van der Waals surface area (Å²) in [4.78, 5) is 30.9. The van der Waals surface area contributed by atoms with Crippen molar-refractivity contribution < 1.29 is 14.3 Å². The number of rotatable bonds is 8. The predicted molar refractivity (Wildman–Crippen MR) is 123 cm³/mol. The van der Waals surface area contributed by atoms with Gasteiger partial charge < -0.3 is 9.30 Å². The van der Waals surface area contributed by atoms with Gasteiger partial charge in [-0.1, -0.05) is 42.9 Å². The minimum atomic E-state index is -0.342. The fraction of sp³-hybridized carbons (Fsp3) is 0.348. The number of aryl methyl sites for hydroxylation is 1. The number of hydrogen-bond acceptors (Lipinski definition) is 5. The smallest absolute Gasteiger partial charge is 0.326 e. The van der Waals surface area contributed by atoms with Gasteiger partial charge in [0.1, 0.15) is 6.54 Å². The third-order valence-corrected chi connectivity index (χ3v) is 6.53. The molecule has 0 fully saturated rings. The number of benzene rings is 2. The summed E-state index contributed by atoms with van der Waals surface area (Å²) in [6.45, 7) is 4.29. The van der Waals surface area contributed by atoms with E-state index in [9.17, 15) is 9.59 Å². The zero-order valence-electron chi connectivity index (χ0n) is 17.5. The molecule has 0 saturated carbocycles. The molecular formula is C23H26N2O3S2. The Bertz CT molecular complexity index is 1120. The maximum absolute atomic E-state index is 12.9. The fourth-order valence-corrected chi connectivity index (χ4v) is 4.88. The second kappa shape index (κ2) is 10.6. The molecule has 0 radical (unpaired) electrons. The zero-order valence-corrected chi connectivity index (χ0v) is 19.1. The van der Waals surface area contributed by atoms with E-state index in [0.717, 1.165) is 34.4 Å². The molecule has 0 bridgehead atoms. The number of aromatic nitrogens is 1. The first kappa shape index (κ1) is 22.3. The number of thiazole rings is 1. The van der Waals surface area contributed by atoms with E-state index in [4.69, 9.17) is 4.74 Å². The van der Waals surface area contributed by atoms with Crippen LogP contribution in [-0.2, 0) is 22.5 Å². The number of nitrogens with zero attached hydrogens (tertiary/aromatic N) is 2. The van der Waals surface area contributed by atoms with E-state index in [0.29, 0.717) is 17.0 Å². The molecule has 7 heteroatoms. The van der Waals surface area contributed by atoms with Gasteiger partial charge in [0.15, 0.2) is 4.80 Å². The molecular weight excluding hydrogens is 416 g/mol. The molecule has 1 heterocycles. The average Bonchev–Trinajstić information content (AvgIpc) is 3.08. The Morgan fingerprint density at radius 3 is 2.70 bits per heavy atom. The number of fused-ring (bicyclic) bond motifs is 1. The number of carbonyl (C=O) groups is 2. The van der Waals surface area contributed by atoms with Crippen molar-refractivity contribution in [2.45, 2.75) is 44.6 Å². The first-order valence-electron chi connectivity index (χ1n) is 10.1. The van der Waals surface area contributed by atoms with Gasteiger partial charge in [0, 0.05) is 4.90 Å². The molecule has 158 valence electrons. The second-order valence-electron chi connectivity index (χ2n) is 6.80. The largest absolute Gasteiger partial charge is 0.465 e. The monoisotopic (exact) mass is 442 g/mol. The first-order chi connectivity index (χ1) is 14.6. The fourth-order valence-electron chi connectivity index (χ4n) is 3.20. The summed E-state index contributed by atoms with van der Waals surface area (Å²) in [6.07, 6.45) is 5.20. The number of amides is 1. The molecule has 30 heavy (non-hydrogen) atoms. The highest BCUT2D eigenvalue weighted by atomic mass is 32.2. The quantitative estimate of drug-likeness (QED) is 0.361. The summed E-state index contributed by atoms with van der Waals surface area (Å²) < 4.78 is 7.93. The Morgan fingerprint density at radius 1 is 1.17 bits per heavy atom. The lowest BCUT2D eigenvalue weighted by Crippen LogP contribution is -2.23. The van der Waals surface area contributed by atoms with Gasteiger partial charge in [0.25, 0.3) is 5.91 Å². The van der Waals surface area contributed by atoms with E-state index in [-0.39, 0.29) is 18.4 Å². The van der Waals surface area contributed by atoms with Gasteiger partial charge in [-0.05, 0) is 55.9 Å². The number of carbonyl (C=O) groups excluding carboxylic acids is 2. The van der Waals surface area contributed by atoms with E-state index >= 15 is 0 Å². The molecule has 0 spiro atoms. The SMILES string of the molecule is CCCCc1ccc2c(c1)sc(=NC(=O)c1ccccc1SC)n2CC(=O)OCC. The average molecular weight is 443 g/mol. The summed E-state index contributed by atoms with van der Waals surface area (Å²) in [6, 6.07) is 13.7. The highest BCUT2D eigenvalue weighted by Gasteiger charge is 2.15. The standard InChI is InChI=1S/C23H26N2O3S2/c1-4-6-9-16-12-13-18-20(14-16)30-23(25(18)15-21(26)28-5-2)24-22(27)17-10-7-8-11-19(17)29-3/h7-8,10-14H,4-6,9,15H2,1-3H3. The molecule has 5 nitrogen and oxygen atoms in total. The van der Waals surface area contributed by atoms with Gasteiger partial charge in [-0.15, -0.1) is 11.8 Å². The van der Waals surface area contributed by atoms with Gasteiger partial charge in [-0.3, -0.25) is 9.59 Å². The van der Waals surface area contributed by atoms with Crippen LogP contribution in [0.2, 0.25) is 0 Å². The van der Waals surface area contributed by atoms with Crippen LogP contribution < -0.4 is 4.80 Å². The maximum Gasteiger partial charge on any atom is 0.326 e. The molecule has 3 rings (SSSR count). The molecule has 0 atom stereocenters. The van der Waals surface area contributed by atoms with Crippen molar-refractivity contribution in [3.8, 4) is 0 Å². The van der Waals surface area contributed by atoms with E-state index < -0.39 is 0 Å². The first-order valence-corrected chi connectivity index (χ1v) is 12.1. The molecule has 1 aromatic heterocycles. The number of ether oxygens (including phenoxy) is 1. The van der Waals surface area contributed by atoms with Crippen molar-refractivity contribution in [3.05, 3.63) is 58.4 Å². The van der Waals surface area contributed by atoms with Crippen LogP contribution in [-0.4, -0.2) is 29.3 Å². The van der Waals surface area contributed by atoms with Crippen molar-refractivity contribution >= 4 is 45.2 Å². The number of unbranched alkanes of at least 4 members (excludes halogenated alkanes) is 1. The Balaban J connectivity index is 2.09. The highest BCUT2D eigenvalue weighted by molar-refractivity contribution is 7.98. The Morgan fingerprint density at radius 2 is 1.97 bits per heavy atom. The van der Waals surface area contributed by atoms with Crippen molar-refractivity contribution in [2.75, 3.05) is 12.9 Å². The van der Waals surface area contributed by atoms with E-state index in [1.165, 1.54) is 28.7 Å². The summed E-state index contributed by atoms with van der Waals surface area (Å²) in [5.74, 6) is -0.652. The molecule has 3 aromatic rings. The van der Waals surface area contributed by atoms with Gasteiger partial charge in [0.05, 0.1) is 22.4 Å². The third kappa shape index (κ3) is 5.21. The lowest BCUT2D eigenvalue weighted by molar-refractivity contribution is -0.143. The van der Waals surface area contributed by atoms with Gasteiger partial charge in [-0.2, -0.15) is 4.99 Å².